The van der Waals surface area contributed by atoms with Crippen LogP contribution in [0.1, 0.15) is 24.6 Å². The van der Waals surface area contributed by atoms with E-state index in [1.54, 1.807) is 18.0 Å². The van der Waals surface area contributed by atoms with Crippen LogP contribution in [0.2, 0.25) is 0 Å². The topological polar surface area (TPSA) is 60.2 Å². The molecule has 3 rings (SSSR count). The summed E-state index contributed by atoms with van der Waals surface area (Å²) in [7, 11) is 3.44. The molecule has 6 nitrogen and oxygen atoms in total. The van der Waals surface area contributed by atoms with Gasteiger partial charge in [-0.25, -0.2) is 4.98 Å². The van der Waals surface area contributed by atoms with Crippen LogP contribution in [-0.4, -0.2) is 45.8 Å². The molecule has 1 amide bonds. The maximum absolute atomic E-state index is 12.2. The van der Waals surface area contributed by atoms with Gasteiger partial charge in [0.25, 0.3) is 0 Å². The lowest BCUT2D eigenvalue weighted by atomic mass is 10.1. The van der Waals surface area contributed by atoms with Gasteiger partial charge in [0.2, 0.25) is 5.91 Å². The Morgan fingerprint density at radius 1 is 1.41 bits per heavy atom. The zero-order valence-corrected chi connectivity index (χ0v) is 12.9. The zero-order chi connectivity index (χ0) is 15.5. The van der Waals surface area contributed by atoms with Gasteiger partial charge in [0, 0.05) is 26.9 Å². The number of aromatic nitrogens is 3. The summed E-state index contributed by atoms with van der Waals surface area (Å²) in [4.78, 5) is 18.8. The van der Waals surface area contributed by atoms with Crippen molar-refractivity contribution in [3.8, 4) is 11.4 Å². The van der Waals surface area contributed by atoms with E-state index in [1.165, 1.54) is 0 Å². The summed E-state index contributed by atoms with van der Waals surface area (Å²) >= 11 is 0. The van der Waals surface area contributed by atoms with Crippen LogP contribution in [0, 0.1) is 0 Å². The van der Waals surface area contributed by atoms with Crippen molar-refractivity contribution in [1.29, 1.82) is 0 Å². The third-order valence-corrected chi connectivity index (χ3v) is 4.04. The first kappa shape index (κ1) is 14.7. The lowest BCUT2D eigenvalue weighted by molar-refractivity contribution is -0.136. The van der Waals surface area contributed by atoms with E-state index < -0.39 is 0 Å². The molecule has 1 saturated heterocycles. The molecule has 1 aliphatic rings. The Hall–Kier alpha value is -2.21. The number of ether oxygens (including phenoxy) is 1. The Bertz CT molecular complexity index is 668. The van der Waals surface area contributed by atoms with E-state index in [0.717, 1.165) is 36.5 Å². The Kier molecular flexibility index (Phi) is 4.20. The number of hydrogen-bond donors (Lipinski definition) is 0. The van der Waals surface area contributed by atoms with Gasteiger partial charge in [-0.2, -0.15) is 5.10 Å². The van der Waals surface area contributed by atoms with Crippen LogP contribution >= 0.6 is 0 Å². The molecule has 3 heterocycles. The van der Waals surface area contributed by atoms with Gasteiger partial charge in [0.05, 0.1) is 23.1 Å². The first-order valence-electron chi connectivity index (χ1n) is 7.44. The summed E-state index contributed by atoms with van der Waals surface area (Å²) in [6.45, 7) is 0.891. The number of aryl methyl sites for hydroxylation is 1. The first-order chi connectivity index (χ1) is 10.7. The number of nitrogens with zero attached hydrogens (tertiary/aromatic N) is 4. The van der Waals surface area contributed by atoms with Crippen LogP contribution in [0.4, 0.5) is 0 Å². The smallest absolute Gasteiger partial charge is 0.249 e. The molecule has 2 aromatic heterocycles. The molecule has 0 bridgehead atoms. The van der Waals surface area contributed by atoms with E-state index in [0.29, 0.717) is 0 Å². The maximum Gasteiger partial charge on any atom is 0.249 e. The Labute approximate surface area is 129 Å². The molecule has 0 saturated carbocycles. The highest BCUT2D eigenvalue weighted by Crippen LogP contribution is 2.31. The average Bonchev–Trinajstić information content (AvgIpc) is 3.16. The fraction of sp³-hybridized carbons (Fsp3) is 0.438. The highest BCUT2D eigenvalue weighted by molar-refractivity contribution is 5.78. The third-order valence-electron chi connectivity index (χ3n) is 4.04. The highest BCUT2D eigenvalue weighted by Gasteiger charge is 2.30. The van der Waals surface area contributed by atoms with Crippen molar-refractivity contribution in [2.75, 3.05) is 20.3 Å². The van der Waals surface area contributed by atoms with Gasteiger partial charge in [-0.3, -0.25) is 9.48 Å². The van der Waals surface area contributed by atoms with Crippen LogP contribution in [0.3, 0.4) is 0 Å². The summed E-state index contributed by atoms with van der Waals surface area (Å²) in [6.07, 6.45) is 3.70. The monoisotopic (exact) mass is 300 g/mol. The molecule has 6 heteroatoms. The van der Waals surface area contributed by atoms with E-state index in [2.05, 4.69) is 5.10 Å². The number of rotatable bonds is 4. The van der Waals surface area contributed by atoms with E-state index in [1.807, 2.05) is 36.2 Å². The minimum atomic E-state index is 0.0257. The van der Waals surface area contributed by atoms with Crippen molar-refractivity contribution in [3.05, 3.63) is 36.2 Å². The van der Waals surface area contributed by atoms with Gasteiger partial charge >= 0.3 is 0 Å². The molecule has 0 unspecified atom stereocenters. The normalized spacial score (nSPS) is 17.9. The maximum atomic E-state index is 12.2. The minimum Gasteiger partial charge on any atom is -0.375 e. The number of likely N-dealkylation sites (tertiary alicyclic amines) is 1. The van der Waals surface area contributed by atoms with Crippen molar-refractivity contribution >= 4 is 5.91 Å². The molecule has 116 valence electrons. The predicted octanol–water partition coefficient (Wildman–Crippen LogP) is 1.79. The summed E-state index contributed by atoms with van der Waals surface area (Å²) in [5.74, 6) is 0.0257. The second-order valence-electron chi connectivity index (χ2n) is 5.47. The number of methoxy groups -OCH3 is 1. The van der Waals surface area contributed by atoms with Crippen LogP contribution < -0.4 is 0 Å². The molecular formula is C16H20N4O2. The molecule has 22 heavy (non-hydrogen) atoms. The molecule has 2 aromatic rings. The fourth-order valence-corrected chi connectivity index (χ4v) is 2.98. The number of hydrogen-bond acceptors (Lipinski definition) is 4. The average molecular weight is 300 g/mol. The summed E-state index contributed by atoms with van der Waals surface area (Å²) in [5.41, 5.74) is 2.78. The Morgan fingerprint density at radius 3 is 3.00 bits per heavy atom. The number of pyridine rings is 1. The van der Waals surface area contributed by atoms with Gasteiger partial charge in [-0.05, 0) is 31.0 Å². The van der Waals surface area contributed by atoms with E-state index in [-0.39, 0.29) is 18.6 Å². The van der Waals surface area contributed by atoms with Crippen molar-refractivity contribution in [3.63, 3.8) is 0 Å². The summed E-state index contributed by atoms with van der Waals surface area (Å²) in [6, 6.07) is 7.92. The molecule has 1 fully saturated rings. The molecule has 0 radical (unpaired) electrons. The van der Waals surface area contributed by atoms with Crippen LogP contribution in [0.15, 0.2) is 30.5 Å². The molecule has 0 N–H and O–H groups in total. The van der Waals surface area contributed by atoms with E-state index >= 15 is 0 Å². The molecule has 1 atom stereocenters. The highest BCUT2D eigenvalue weighted by atomic mass is 16.5. The molecule has 1 aliphatic heterocycles. The van der Waals surface area contributed by atoms with E-state index in [9.17, 15) is 4.79 Å². The SMILES string of the molecule is COCC(=O)N1CCC[C@H]1c1cccc(-c2ccnn2C)n1. The van der Waals surface area contributed by atoms with Gasteiger partial charge in [-0.1, -0.05) is 6.07 Å². The quantitative estimate of drug-likeness (QED) is 0.864. The largest absolute Gasteiger partial charge is 0.375 e. The van der Waals surface area contributed by atoms with Crippen LogP contribution in [0.25, 0.3) is 11.4 Å². The van der Waals surface area contributed by atoms with Crippen molar-refractivity contribution < 1.29 is 9.53 Å². The van der Waals surface area contributed by atoms with Crippen molar-refractivity contribution in [2.45, 2.75) is 18.9 Å². The fourth-order valence-electron chi connectivity index (χ4n) is 2.98. The number of carbonyl (C=O) groups is 1. The van der Waals surface area contributed by atoms with Gasteiger partial charge in [-0.15, -0.1) is 0 Å². The number of amides is 1. The zero-order valence-electron chi connectivity index (χ0n) is 12.9. The van der Waals surface area contributed by atoms with Crippen LogP contribution in [0.5, 0.6) is 0 Å². The summed E-state index contributed by atoms with van der Waals surface area (Å²) in [5, 5.41) is 4.18. The molecule has 0 aliphatic carbocycles. The van der Waals surface area contributed by atoms with Gasteiger partial charge < -0.3 is 9.64 Å². The van der Waals surface area contributed by atoms with E-state index in [4.69, 9.17) is 9.72 Å². The Morgan fingerprint density at radius 2 is 2.27 bits per heavy atom. The van der Waals surface area contributed by atoms with Gasteiger partial charge in [0.15, 0.2) is 0 Å². The lowest BCUT2D eigenvalue weighted by Crippen LogP contribution is -2.33. The minimum absolute atomic E-state index is 0.0257. The molecular weight excluding hydrogens is 280 g/mol. The summed E-state index contributed by atoms with van der Waals surface area (Å²) < 4.78 is 6.78. The lowest BCUT2D eigenvalue weighted by Gasteiger charge is -2.24. The van der Waals surface area contributed by atoms with Crippen LogP contribution in [-0.2, 0) is 16.6 Å². The predicted molar refractivity (Wildman–Crippen MR) is 82.0 cm³/mol. The number of carbonyl (C=O) groups excluding carboxylic acids is 1. The Balaban J connectivity index is 1.88. The van der Waals surface area contributed by atoms with Crippen molar-refractivity contribution in [2.24, 2.45) is 7.05 Å². The standard InChI is InChI=1S/C16H20N4O2/c1-19-14(8-9-17-19)12-5-3-6-13(18-12)15-7-4-10-20(15)16(21)11-22-2/h3,5-6,8-9,15H,4,7,10-11H2,1-2H3/t15-/m0/s1. The van der Waals surface area contributed by atoms with Gasteiger partial charge in [0.1, 0.15) is 6.61 Å². The second kappa shape index (κ2) is 6.27. The first-order valence-corrected chi connectivity index (χ1v) is 7.44. The second-order valence-corrected chi connectivity index (χ2v) is 5.47. The van der Waals surface area contributed by atoms with Crippen molar-refractivity contribution in [1.82, 2.24) is 19.7 Å². The molecule has 0 aromatic carbocycles. The molecule has 0 spiro atoms. The third kappa shape index (κ3) is 2.74.